The normalized spacial score (nSPS) is 11.4. The largest absolute Gasteiger partial charge is 0.493 e. The molecule has 30 heavy (non-hydrogen) atoms. The lowest BCUT2D eigenvalue weighted by Crippen LogP contribution is -2.43. The van der Waals surface area contributed by atoms with Crippen LogP contribution in [0, 0.1) is 0 Å². The lowest BCUT2D eigenvalue weighted by molar-refractivity contribution is -0.123. The molecule has 0 saturated heterocycles. The number of carbonyl (C=O) groups is 3. The van der Waals surface area contributed by atoms with Crippen molar-refractivity contribution in [2.24, 2.45) is 0 Å². The van der Waals surface area contributed by atoms with E-state index in [2.05, 4.69) is 16.2 Å². The van der Waals surface area contributed by atoms with Gasteiger partial charge in [0.15, 0.2) is 11.5 Å². The zero-order chi connectivity index (χ0) is 22.1. The highest BCUT2D eigenvalue weighted by Crippen LogP contribution is 2.28. The van der Waals surface area contributed by atoms with Crippen LogP contribution in [0.3, 0.4) is 0 Å². The van der Waals surface area contributed by atoms with Crippen LogP contribution in [-0.4, -0.2) is 30.9 Å². The second-order valence-corrected chi connectivity index (χ2v) is 6.90. The monoisotopic (exact) mass is 413 g/mol. The lowest BCUT2D eigenvalue weighted by atomic mass is 10.0. The van der Waals surface area contributed by atoms with E-state index in [1.165, 1.54) is 20.1 Å². The fourth-order valence-corrected chi connectivity index (χ4v) is 2.78. The summed E-state index contributed by atoms with van der Waals surface area (Å²) in [7, 11) is 1.48. The van der Waals surface area contributed by atoms with E-state index in [4.69, 9.17) is 9.47 Å². The van der Waals surface area contributed by atoms with Crippen LogP contribution in [0.2, 0.25) is 0 Å². The Morgan fingerprint density at radius 2 is 1.67 bits per heavy atom. The fraction of sp³-hybridized carbons (Fsp3) is 0.318. The Hall–Kier alpha value is -3.55. The van der Waals surface area contributed by atoms with Crippen LogP contribution in [0.25, 0.3) is 0 Å². The van der Waals surface area contributed by atoms with Gasteiger partial charge in [-0.05, 0) is 37.6 Å². The molecule has 3 N–H and O–H groups in total. The topological polar surface area (TPSA) is 106 Å². The van der Waals surface area contributed by atoms with E-state index < -0.39 is 17.9 Å². The zero-order valence-corrected chi connectivity index (χ0v) is 17.5. The van der Waals surface area contributed by atoms with Crippen LogP contribution in [-0.2, 0) is 9.59 Å². The average molecular weight is 413 g/mol. The number of carbonyl (C=O) groups excluding carboxylic acids is 3. The zero-order valence-electron chi connectivity index (χ0n) is 17.5. The molecule has 8 nitrogen and oxygen atoms in total. The van der Waals surface area contributed by atoms with Crippen molar-refractivity contribution in [1.29, 1.82) is 0 Å². The molecular weight excluding hydrogens is 386 g/mol. The summed E-state index contributed by atoms with van der Waals surface area (Å²) in [6.07, 6.45) is -0.0759. The predicted octanol–water partition coefficient (Wildman–Crippen LogP) is 2.51. The van der Waals surface area contributed by atoms with Gasteiger partial charge in [-0.25, -0.2) is 0 Å². The molecule has 0 spiro atoms. The molecule has 0 fully saturated rings. The molecule has 0 aliphatic carbocycles. The van der Waals surface area contributed by atoms with E-state index in [1.807, 2.05) is 44.2 Å². The number of hydrogen-bond acceptors (Lipinski definition) is 5. The number of nitrogens with one attached hydrogen (secondary N) is 3. The van der Waals surface area contributed by atoms with Crippen molar-refractivity contribution in [3.63, 3.8) is 0 Å². The first-order valence-corrected chi connectivity index (χ1v) is 9.56. The Bertz CT molecular complexity index is 884. The summed E-state index contributed by atoms with van der Waals surface area (Å²) < 4.78 is 10.9. The van der Waals surface area contributed by atoms with E-state index in [-0.39, 0.29) is 18.4 Å². The summed E-state index contributed by atoms with van der Waals surface area (Å²) in [6.45, 7) is 5.16. The fourth-order valence-electron chi connectivity index (χ4n) is 2.78. The van der Waals surface area contributed by atoms with Gasteiger partial charge >= 0.3 is 0 Å². The third kappa shape index (κ3) is 6.80. The van der Waals surface area contributed by atoms with E-state index >= 15 is 0 Å². The maximum Gasteiger partial charge on any atom is 0.269 e. The van der Waals surface area contributed by atoms with Crippen molar-refractivity contribution in [1.82, 2.24) is 16.2 Å². The highest BCUT2D eigenvalue weighted by Gasteiger charge is 2.18. The maximum absolute atomic E-state index is 12.4. The average Bonchev–Trinajstić information content (AvgIpc) is 2.71. The minimum Gasteiger partial charge on any atom is -0.493 e. The lowest BCUT2D eigenvalue weighted by Gasteiger charge is -2.18. The minimum atomic E-state index is -0.506. The summed E-state index contributed by atoms with van der Waals surface area (Å²) in [4.78, 5) is 36.2. The Morgan fingerprint density at radius 3 is 2.27 bits per heavy atom. The van der Waals surface area contributed by atoms with Gasteiger partial charge in [0.25, 0.3) is 5.91 Å². The SMILES string of the molecule is COc1cc(C(=O)NNC(=O)C[C@H](NC(C)=O)c2ccccc2)ccc1OC(C)C. The molecule has 0 radical (unpaired) electrons. The molecule has 160 valence electrons. The summed E-state index contributed by atoms with van der Waals surface area (Å²) in [5, 5.41) is 2.74. The van der Waals surface area contributed by atoms with E-state index in [9.17, 15) is 14.4 Å². The molecule has 8 heteroatoms. The van der Waals surface area contributed by atoms with Gasteiger partial charge < -0.3 is 14.8 Å². The smallest absolute Gasteiger partial charge is 0.269 e. The number of hydrazine groups is 1. The van der Waals surface area contributed by atoms with Crippen LogP contribution in [0.4, 0.5) is 0 Å². The van der Waals surface area contributed by atoms with E-state index in [1.54, 1.807) is 12.1 Å². The molecule has 0 aliphatic heterocycles. The molecule has 0 heterocycles. The number of ether oxygens (including phenoxy) is 2. The first-order chi connectivity index (χ1) is 14.3. The number of methoxy groups -OCH3 is 1. The third-order valence-electron chi connectivity index (χ3n) is 4.07. The van der Waals surface area contributed by atoms with Gasteiger partial charge in [0, 0.05) is 12.5 Å². The van der Waals surface area contributed by atoms with Gasteiger partial charge in [-0.2, -0.15) is 0 Å². The highest BCUT2D eigenvalue weighted by molar-refractivity contribution is 5.96. The van der Waals surface area contributed by atoms with Crippen molar-refractivity contribution >= 4 is 17.7 Å². The number of amides is 3. The van der Waals surface area contributed by atoms with Gasteiger partial charge in [-0.1, -0.05) is 30.3 Å². The Morgan fingerprint density at radius 1 is 0.967 bits per heavy atom. The molecule has 0 saturated carbocycles. The summed E-state index contributed by atoms with van der Waals surface area (Å²) in [5.41, 5.74) is 5.84. The summed E-state index contributed by atoms with van der Waals surface area (Å²) >= 11 is 0. The van der Waals surface area contributed by atoms with Crippen molar-refractivity contribution < 1.29 is 23.9 Å². The molecule has 1 atom stereocenters. The first kappa shape index (κ1) is 22.7. The number of benzene rings is 2. The molecule has 0 aliphatic rings. The maximum atomic E-state index is 12.4. The molecule has 0 bridgehead atoms. The predicted molar refractivity (Wildman–Crippen MR) is 112 cm³/mol. The molecular formula is C22H27N3O5. The second kappa shape index (κ2) is 10.8. The highest BCUT2D eigenvalue weighted by atomic mass is 16.5. The quantitative estimate of drug-likeness (QED) is 0.577. The van der Waals surface area contributed by atoms with Gasteiger partial charge in [0.1, 0.15) is 0 Å². The minimum absolute atomic E-state index is 0.0334. The Labute approximate surface area is 175 Å². The second-order valence-electron chi connectivity index (χ2n) is 6.90. The van der Waals surface area contributed by atoms with Crippen LogP contribution >= 0.6 is 0 Å². The summed E-state index contributed by atoms with van der Waals surface area (Å²) in [5.74, 6) is -0.269. The third-order valence-corrected chi connectivity index (χ3v) is 4.07. The molecule has 2 aromatic rings. The van der Waals surface area contributed by atoms with Gasteiger partial charge in [-0.15, -0.1) is 0 Å². The van der Waals surface area contributed by atoms with Crippen molar-refractivity contribution in [2.45, 2.75) is 39.3 Å². The van der Waals surface area contributed by atoms with Crippen molar-refractivity contribution in [3.05, 3.63) is 59.7 Å². The molecule has 2 aromatic carbocycles. The number of rotatable bonds is 8. The van der Waals surface area contributed by atoms with Crippen LogP contribution in [0.5, 0.6) is 11.5 Å². The van der Waals surface area contributed by atoms with Gasteiger partial charge in [-0.3, -0.25) is 25.2 Å². The Balaban J connectivity index is 1.99. The first-order valence-electron chi connectivity index (χ1n) is 9.56. The van der Waals surface area contributed by atoms with Crippen LogP contribution < -0.4 is 25.6 Å². The molecule has 0 unspecified atom stereocenters. The van der Waals surface area contributed by atoms with Gasteiger partial charge in [0.2, 0.25) is 11.8 Å². The van der Waals surface area contributed by atoms with E-state index in [0.717, 1.165) is 5.56 Å². The van der Waals surface area contributed by atoms with Crippen molar-refractivity contribution in [3.8, 4) is 11.5 Å². The molecule has 3 amide bonds. The molecule has 2 rings (SSSR count). The Kier molecular flexibility index (Phi) is 8.22. The van der Waals surface area contributed by atoms with Crippen LogP contribution in [0.15, 0.2) is 48.5 Å². The standard InChI is InChI=1S/C22H27N3O5/c1-14(2)30-19-11-10-17(12-20(19)29-4)22(28)25-24-21(27)13-18(23-15(3)26)16-8-6-5-7-9-16/h5-12,14,18H,13H2,1-4H3,(H,23,26)(H,24,27)(H,25,28)/t18-/m0/s1. The van der Waals surface area contributed by atoms with E-state index in [0.29, 0.717) is 17.1 Å². The van der Waals surface area contributed by atoms with Crippen molar-refractivity contribution in [2.75, 3.05) is 7.11 Å². The van der Waals surface area contributed by atoms with Gasteiger partial charge in [0.05, 0.1) is 25.7 Å². The molecule has 0 aromatic heterocycles. The summed E-state index contributed by atoms with van der Waals surface area (Å²) in [6, 6.07) is 13.4. The van der Waals surface area contributed by atoms with Crippen LogP contribution in [0.1, 0.15) is 49.2 Å². The number of hydrogen-bond donors (Lipinski definition) is 3.